The lowest BCUT2D eigenvalue weighted by molar-refractivity contribution is 0.360. The zero-order valence-electron chi connectivity index (χ0n) is 12.6. The molecule has 0 spiro atoms. The molecule has 2 unspecified atom stereocenters. The molecule has 0 saturated carbocycles. The largest absolute Gasteiger partial charge is 0.459 e. The molecule has 0 amide bonds. The van der Waals surface area contributed by atoms with E-state index in [9.17, 15) is 0 Å². The topological polar surface area (TPSA) is 55.0 Å². The van der Waals surface area contributed by atoms with Crippen molar-refractivity contribution in [2.24, 2.45) is 5.92 Å². The summed E-state index contributed by atoms with van der Waals surface area (Å²) in [6.07, 6.45) is 1.84. The summed E-state index contributed by atoms with van der Waals surface area (Å²) in [4.78, 5) is 0. The molecule has 2 aromatic heterocycles. The van der Waals surface area contributed by atoms with Crippen LogP contribution in [-0.4, -0.2) is 22.9 Å². The number of aromatic nitrogens is 2. The van der Waals surface area contributed by atoms with Crippen LogP contribution in [0.3, 0.4) is 0 Å². The number of para-hydroxylation sites is 1. The van der Waals surface area contributed by atoms with Crippen molar-refractivity contribution in [1.82, 2.24) is 15.1 Å². The summed E-state index contributed by atoms with van der Waals surface area (Å²) in [5.74, 6) is 2.63. The molecule has 114 valence electrons. The monoisotopic (exact) mass is 296 g/mol. The standard InChI is InChI=1S/C17H20N4O/c1-12(16-8-14-4-2-3-5-15(14)22-16)18-9-13-10-19-17-6-7-20-21(17)11-13/h2-8,12-13,18-19H,9-11H2,1H3. The average Bonchev–Trinajstić information content (AvgIpc) is 3.18. The fourth-order valence-electron chi connectivity index (χ4n) is 2.98. The van der Waals surface area contributed by atoms with Gasteiger partial charge in [0.1, 0.15) is 17.2 Å². The molecule has 3 heterocycles. The van der Waals surface area contributed by atoms with Crippen molar-refractivity contribution >= 4 is 16.8 Å². The first-order valence-electron chi connectivity index (χ1n) is 7.77. The van der Waals surface area contributed by atoms with Gasteiger partial charge >= 0.3 is 0 Å². The van der Waals surface area contributed by atoms with Crippen molar-refractivity contribution in [3.05, 3.63) is 48.4 Å². The second-order valence-electron chi connectivity index (χ2n) is 5.96. The van der Waals surface area contributed by atoms with Crippen LogP contribution in [0.25, 0.3) is 11.0 Å². The third kappa shape index (κ3) is 2.48. The van der Waals surface area contributed by atoms with E-state index in [1.807, 2.05) is 35.1 Å². The Balaban J connectivity index is 1.39. The van der Waals surface area contributed by atoms with Crippen molar-refractivity contribution in [3.8, 4) is 0 Å². The van der Waals surface area contributed by atoms with Crippen LogP contribution in [0.1, 0.15) is 18.7 Å². The summed E-state index contributed by atoms with van der Waals surface area (Å²) in [5.41, 5.74) is 0.951. The first-order chi connectivity index (χ1) is 10.8. The lowest BCUT2D eigenvalue weighted by Gasteiger charge is -2.26. The number of nitrogens with zero attached hydrogens (tertiary/aromatic N) is 2. The number of furan rings is 1. The molecule has 2 N–H and O–H groups in total. The van der Waals surface area contributed by atoms with E-state index in [4.69, 9.17) is 4.42 Å². The molecule has 22 heavy (non-hydrogen) atoms. The number of hydrogen-bond acceptors (Lipinski definition) is 4. The maximum absolute atomic E-state index is 5.92. The summed E-state index contributed by atoms with van der Waals surface area (Å²) in [5, 5.41) is 12.5. The molecular formula is C17H20N4O. The maximum Gasteiger partial charge on any atom is 0.134 e. The zero-order valence-corrected chi connectivity index (χ0v) is 12.6. The van der Waals surface area contributed by atoms with Crippen LogP contribution in [0.4, 0.5) is 5.82 Å². The minimum atomic E-state index is 0.200. The average molecular weight is 296 g/mol. The van der Waals surface area contributed by atoms with Crippen LogP contribution in [0.2, 0.25) is 0 Å². The molecule has 1 aromatic carbocycles. The molecular weight excluding hydrogens is 276 g/mol. The second kappa shape index (κ2) is 5.50. The van der Waals surface area contributed by atoms with Gasteiger partial charge in [-0.3, -0.25) is 0 Å². The molecule has 2 atom stereocenters. The van der Waals surface area contributed by atoms with E-state index in [0.717, 1.165) is 42.2 Å². The highest BCUT2D eigenvalue weighted by molar-refractivity contribution is 5.77. The normalized spacial score (nSPS) is 18.9. The molecule has 5 heteroatoms. The van der Waals surface area contributed by atoms with E-state index in [1.165, 1.54) is 0 Å². The van der Waals surface area contributed by atoms with Gasteiger partial charge in [-0.15, -0.1) is 0 Å². The van der Waals surface area contributed by atoms with Gasteiger partial charge in [-0.05, 0) is 19.1 Å². The molecule has 0 aliphatic carbocycles. The summed E-state index contributed by atoms with van der Waals surface area (Å²) in [6, 6.07) is 12.5. The van der Waals surface area contributed by atoms with Gasteiger partial charge < -0.3 is 15.1 Å². The maximum atomic E-state index is 5.92. The number of anilines is 1. The number of benzene rings is 1. The Morgan fingerprint density at radius 3 is 3.23 bits per heavy atom. The Hall–Kier alpha value is -2.27. The van der Waals surface area contributed by atoms with E-state index >= 15 is 0 Å². The van der Waals surface area contributed by atoms with E-state index in [-0.39, 0.29) is 6.04 Å². The molecule has 1 aliphatic rings. The highest BCUT2D eigenvalue weighted by Crippen LogP contribution is 2.24. The Kier molecular flexibility index (Phi) is 3.35. The van der Waals surface area contributed by atoms with Gasteiger partial charge in [0, 0.05) is 37.0 Å². The Bertz CT molecular complexity index is 743. The highest BCUT2D eigenvalue weighted by Gasteiger charge is 2.19. The van der Waals surface area contributed by atoms with E-state index in [2.05, 4.69) is 34.8 Å². The number of nitrogens with one attached hydrogen (secondary N) is 2. The van der Waals surface area contributed by atoms with Gasteiger partial charge in [-0.2, -0.15) is 5.10 Å². The lowest BCUT2D eigenvalue weighted by Crippen LogP contribution is -2.36. The first kappa shape index (κ1) is 13.4. The fourth-order valence-corrected chi connectivity index (χ4v) is 2.98. The fraction of sp³-hybridized carbons (Fsp3) is 0.353. The third-order valence-corrected chi connectivity index (χ3v) is 4.30. The highest BCUT2D eigenvalue weighted by atomic mass is 16.3. The molecule has 0 saturated heterocycles. The Morgan fingerprint density at radius 1 is 1.41 bits per heavy atom. The Morgan fingerprint density at radius 2 is 2.32 bits per heavy atom. The van der Waals surface area contributed by atoms with Crippen LogP contribution in [0, 0.1) is 5.92 Å². The number of rotatable bonds is 4. The second-order valence-corrected chi connectivity index (χ2v) is 5.96. The SMILES string of the molecule is CC(NCC1CNc2ccnn2C1)c1cc2ccccc2o1. The van der Waals surface area contributed by atoms with Crippen LogP contribution >= 0.6 is 0 Å². The number of fused-ring (bicyclic) bond motifs is 2. The van der Waals surface area contributed by atoms with Crippen LogP contribution in [0.5, 0.6) is 0 Å². The minimum absolute atomic E-state index is 0.200. The predicted octanol–water partition coefficient (Wildman–Crippen LogP) is 3.02. The summed E-state index contributed by atoms with van der Waals surface area (Å²) >= 11 is 0. The molecule has 4 rings (SSSR count). The van der Waals surface area contributed by atoms with E-state index in [0.29, 0.717) is 5.92 Å². The van der Waals surface area contributed by atoms with Crippen molar-refractivity contribution in [3.63, 3.8) is 0 Å². The molecule has 5 nitrogen and oxygen atoms in total. The summed E-state index contributed by atoms with van der Waals surface area (Å²) in [7, 11) is 0. The van der Waals surface area contributed by atoms with Crippen LogP contribution in [0.15, 0.2) is 47.0 Å². The molecule has 0 radical (unpaired) electrons. The third-order valence-electron chi connectivity index (χ3n) is 4.30. The van der Waals surface area contributed by atoms with Crippen LogP contribution in [-0.2, 0) is 6.54 Å². The van der Waals surface area contributed by atoms with Gasteiger partial charge in [0.15, 0.2) is 0 Å². The quantitative estimate of drug-likeness (QED) is 0.777. The van der Waals surface area contributed by atoms with Crippen molar-refractivity contribution in [2.75, 3.05) is 18.4 Å². The summed E-state index contributed by atoms with van der Waals surface area (Å²) < 4.78 is 7.95. The smallest absolute Gasteiger partial charge is 0.134 e. The zero-order chi connectivity index (χ0) is 14.9. The first-order valence-corrected chi connectivity index (χ1v) is 7.77. The number of hydrogen-bond donors (Lipinski definition) is 2. The molecule has 3 aromatic rings. The van der Waals surface area contributed by atoms with Gasteiger partial charge in [0.25, 0.3) is 0 Å². The van der Waals surface area contributed by atoms with Crippen molar-refractivity contribution < 1.29 is 4.42 Å². The van der Waals surface area contributed by atoms with Crippen molar-refractivity contribution in [2.45, 2.75) is 19.5 Å². The minimum Gasteiger partial charge on any atom is -0.459 e. The van der Waals surface area contributed by atoms with Gasteiger partial charge in [0.2, 0.25) is 0 Å². The van der Waals surface area contributed by atoms with Crippen molar-refractivity contribution in [1.29, 1.82) is 0 Å². The van der Waals surface area contributed by atoms with Gasteiger partial charge in [0.05, 0.1) is 12.2 Å². The molecule has 0 bridgehead atoms. The van der Waals surface area contributed by atoms with E-state index < -0.39 is 0 Å². The van der Waals surface area contributed by atoms with E-state index in [1.54, 1.807) is 0 Å². The summed E-state index contributed by atoms with van der Waals surface area (Å²) in [6.45, 7) is 5.01. The molecule has 0 fully saturated rings. The van der Waals surface area contributed by atoms with Gasteiger partial charge in [-0.25, -0.2) is 4.68 Å². The van der Waals surface area contributed by atoms with Gasteiger partial charge in [-0.1, -0.05) is 18.2 Å². The van der Waals surface area contributed by atoms with Crippen LogP contribution < -0.4 is 10.6 Å². The molecule has 1 aliphatic heterocycles. The predicted molar refractivity (Wildman–Crippen MR) is 86.8 cm³/mol. The Labute approximate surface area is 129 Å². The lowest BCUT2D eigenvalue weighted by atomic mass is 10.1.